The highest BCUT2D eigenvalue weighted by Gasteiger charge is 2.47. The molecule has 3 aliphatic rings. The number of rotatable bonds is 4. The number of likely N-dealkylation sites (tertiary alicyclic amines) is 1. The number of primary amides is 1. The molecule has 34 heavy (non-hydrogen) atoms. The summed E-state index contributed by atoms with van der Waals surface area (Å²) in [4.78, 5) is 39.3. The van der Waals surface area contributed by atoms with Crippen LogP contribution < -0.4 is 11.1 Å². The highest BCUT2D eigenvalue weighted by atomic mass is 79.9. The molecule has 2 bridgehead atoms. The van der Waals surface area contributed by atoms with Gasteiger partial charge in [0.2, 0.25) is 5.91 Å². The van der Waals surface area contributed by atoms with Crippen molar-refractivity contribution in [3.63, 3.8) is 0 Å². The maximum atomic E-state index is 12.6. The summed E-state index contributed by atoms with van der Waals surface area (Å²) in [6.07, 6.45) is 8.46. The van der Waals surface area contributed by atoms with Gasteiger partial charge >= 0.3 is 6.09 Å². The van der Waals surface area contributed by atoms with Crippen molar-refractivity contribution in [1.82, 2.24) is 19.9 Å². The largest absolute Gasteiger partial charge is 0.444 e. The molecule has 4 N–H and O–H groups in total. The number of allylic oxidation sites excluding steroid dienone is 1. The number of carbonyl (C=O) groups is 2. The smallest absolute Gasteiger partial charge is 0.410 e. The van der Waals surface area contributed by atoms with Crippen LogP contribution in [0.25, 0.3) is 11.2 Å². The number of anilines is 1. The van der Waals surface area contributed by atoms with Crippen LogP contribution in [0.5, 0.6) is 0 Å². The second kappa shape index (κ2) is 8.55. The van der Waals surface area contributed by atoms with E-state index in [9.17, 15) is 9.59 Å². The van der Waals surface area contributed by atoms with Crippen LogP contribution in [0.3, 0.4) is 0 Å². The summed E-state index contributed by atoms with van der Waals surface area (Å²) in [6, 6.07) is -0.0708. The number of nitrogens with two attached hydrogens (primary N) is 1. The minimum atomic E-state index is -0.530. The number of aromatic amines is 1. The molecule has 1 unspecified atom stereocenters. The fraction of sp³-hybridized carbons (Fsp3) is 0.583. The van der Waals surface area contributed by atoms with Crippen LogP contribution in [0.1, 0.15) is 51.8 Å². The zero-order chi connectivity index (χ0) is 24.2. The summed E-state index contributed by atoms with van der Waals surface area (Å²) in [5.41, 5.74) is 7.45. The van der Waals surface area contributed by atoms with E-state index in [2.05, 4.69) is 43.4 Å². The molecule has 0 aromatic carbocycles. The lowest BCUT2D eigenvalue weighted by Crippen LogP contribution is -2.42. The predicted octanol–water partition coefficient (Wildman–Crippen LogP) is 3.92. The van der Waals surface area contributed by atoms with Gasteiger partial charge in [0.25, 0.3) is 0 Å². The van der Waals surface area contributed by atoms with Crippen molar-refractivity contribution in [2.45, 2.75) is 57.6 Å². The Labute approximate surface area is 207 Å². The molecule has 2 amide bonds. The SMILES string of the molecule is CC(C)(C)OC(=O)N1CCCC(c2nc3ncc(Br)c(N[C@H]4[C@@H](C(N)=O)[C@H]5C=C[C@H]4C5)c3[nH]2)C1. The number of H-pyrrole nitrogens is 1. The number of ether oxygens (including phenoxy) is 1. The first-order chi connectivity index (χ1) is 16.1. The number of amides is 2. The van der Waals surface area contributed by atoms with Crippen molar-refractivity contribution in [2.24, 2.45) is 23.5 Å². The molecule has 0 radical (unpaired) electrons. The molecule has 5 rings (SSSR count). The van der Waals surface area contributed by atoms with E-state index in [0.29, 0.717) is 18.7 Å². The third kappa shape index (κ3) is 4.28. The fourth-order valence-corrected chi connectivity index (χ4v) is 5.97. The quantitative estimate of drug-likeness (QED) is 0.514. The Hall–Kier alpha value is -2.62. The summed E-state index contributed by atoms with van der Waals surface area (Å²) in [5, 5.41) is 3.59. The van der Waals surface area contributed by atoms with Gasteiger partial charge in [-0.2, -0.15) is 0 Å². The topological polar surface area (TPSA) is 126 Å². The summed E-state index contributed by atoms with van der Waals surface area (Å²) in [5.74, 6) is 0.802. The number of carbonyl (C=O) groups excluding carboxylic acids is 2. The Bertz CT molecular complexity index is 1160. The minimum Gasteiger partial charge on any atom is -0.444 e. The van der Waals surface area contributed by atoms with Crippen LogP contribution in [0.4, 0.5) is 10.5 Å². The number of nitrogens with zero attached hydrogens (tertiary/aromatic N) is 3. The average molecular weight is 531 g/mol. The van der Waals surface area contributed by atoms with Crippen LogP contribution >= 0.6 is 15.9 Å². The van der Waals surface area contributed by atoms with Gasteiger partial charge in [-0.25, -0.2) is 14.8 Å². The number of halogens is 1. The van der Waals surface area contributed by atoms with Crippen molar-refractivity contribution in [3.05, 3.63) is 28.6 Å². The molecule has 1 aliphatic heterocycles. The predicted molar refractivity (Wildman–Crippen MR) is 132 cm³/mol. The first-order valence-electron chi connectivity index (χ1n) is 11.9. The standard InChI is InChI=1S/C24H31BrN6O3/c1-24(2,3)34-23(33)31-8-4-5-14(11-31)21-29-19-18(15(25)10-27-22(19)30-21)28-17-13-7-6-12(9-13)16(17)20(26)32/h6-7,10,12-14,16-17H,4-5,8-9,11H2,1-3H3,(H2,26,32)(H2,27,28,29,30)/t12-,13-,14?,16-,17+/m0/s1. The number of pyridine rings is 1. The first kappa shape index (κ1) is 23.1. The molecule has 9 nitrogen and oxygen atoms in total. The van der Waals surface area contributed by atoms with E-state index in [1.54, 1.807) is 11.1 Å². The van der Waals surface area contributed by atoms with Gasteiger partial charge in [0, 0.05) is 31.2 Å². The van der Waals surface area contributed by atoms with Crippen molar-refractivity contribution in [2.75, 3.05) is 18.4 Å². The van der Waals surface area contributed by atoms with E-state index in [0.717, 1.165) is 40.8 Å². The van der Waals surface area contributed by atoms with E-state index in [1.807, 2.05) is 20.8 Å². The maximum absolute atomic E-state index is 12.6. The summed E-state index contributed by atoms with van der Waals surface area (Å²) >= 11 is 3.62. The van der Waals surface area contributed by atoms with Crippen LogP contribution in [0, 0.1) is 17.8 Å². The molecule has 3 heterocycles. The van der Waals surface area contributed by atoms with E-state index in [-0.39, 0.29) is 41.7 Å². The van der Waals surface area contributed by atoms with Gasteiger partial charge < -0.3 is 25.7 Å². The van der Waals surface area contributed by atoms with Gasteiger partial charge in [0.15, 0.2) is 5.65 Å². The zero-order valence-electron chi connectivity index (χ0n) is 19.7. The molecule has 1 saturated carbocycles. The van der Waals surface area contributed by atoms with E-state index in [4.69, 9.17) is 15.5 Å². The molecule has 2 aromatic rings. The molecular formula is C24H31BrN6O3. The van der Waals surface area contributed by atoms with Gasteiger partial charge in [-0.05, 0) is 67.8 Å². The number of fused-ring (bicyclic) bond motifs is 3. The second-order valence-electron chi connectivity index (χ2n) is 10.6. The Morgan fingerprint density at radius 3 is 2.79 bits per heavy atom. The summed E-state index contributed by atoms with van der Waals surface area (Å²) < 4.78 is 6.36. The minimum absolute atomic E-state index is 0.0610. The van der Waals surface area contributed by atoms with Crippen molar-refractivity contribution in [1.29, 1.82) is 0 Å². The molecule has 5 atom stereocenters. The van der Waals surface area contributed by atoms with Gasteiger partial charge in [-0.15, -0.1) is 0 Å². The van der Waals surface area contributed by atoms with E-state index in [1.165, 1.54) is 0 Å². The average Bonchev–Trinajstić information content (AvgIpc) is 3.49. The van der Waals surface area contributed by atoms with Crippen molar-refractivity contribution >= 4 is 44.8 Å². The van der Waals surface area contributed by atoms with Crippen LogP contribution in [-0.2, 0) is 9.53 Å². The summed E-state index contributed by atoms with van der Waals surface area (Å²) in [7, 11) is 0. The molecule has 2 aliphatic carbocycles. The number of aromatic nitrogens is 3. The number of imidazole rings is 1. The Kier molecular flexibility index (Phi) is 5.82. The lowest BCUT2D eigenvalue weighted by molar-refractivity contribution is -0.122. The lowest BCUT2D eigenvalue weighted by atomic mass is 9.88. The maximum Gasteiger partial charge on any atom is 0.410 e. The molecular weight excluding hydrogens is 500 g/mol. The molecule has 2 aromatic heterocycles. The number of piperidine rings is 1. The van der Waals surface area contributed by atoms with E-state index >= 15 is 0 Å². The van der Waals surface area contributed by atoms with Crippen LogP contribution in [0.2, 0.25) is 0 Å². The Morgan fingerprint density at radius 2 is 2.06 bits per heavy atom. The molecule has 182 valence electrons. The highest BCUT2D eigenvalue weighted by molar-refractivity contribution is 9.10. The Balaban J connectivity index is 1.40. The normalized spacial score (nSPS) is 28.5. The molecule has 10 heteroatoms. The molecule has 2 fully saturated rings. The summed E-state index contributed by atoms with van der Waals surface area (Å²) in [6.45, 7) is 6.84. The number of hydrogen-bond acceptors (Lipinski definition) is 6. The van der Waals surface area contributed by atoms with Crippen LogP contribution in [0.15, 0.2) is 22.8 Å². The van der Waals surface area contributed by atoms with E-state index < -0.39 is 5.60 Å². The third-order valence-corrected chi connectivity index (χ3v) is 7.65. The monoisotopic (exact) mass is 530 g/mol. The second-order valence-corrected chi connectivity index (χ2v) is 11.5. The van der Waals surface area contributed by atoms with Crippen molar-refractivity contribution < 1.29 is 14.3 Å². The first-order valence-corrected chi connectivity index (χ1v) is 12.7. The van der Waals surface area contributed by atoms with Gasteiger partial charge in [0.1, 0.15) is 16.9 Å². The zero-order valence-corrected chi connectivity index (χ0v) is 21.3. The number of hydrogen-bond donors (Lipinski definition) is 3. The molecule has 0 spiro atoms. The van der Waals surface area contributed by atoms with Gasteiger partial charge in [-0.1, -0.05) is 12.2 Å². The van der Waals surface area contributed by atoms with Crippen molar-refractivity contribution in [3.8, 4) is 0 Å². The van der Waals surface area contributed by atoms with Crippen LogP contribution in [-0.4, -0.2) is 56.6 Å². The van der Waals surface area contributed by atoms with Gasteiger partial charge in [-0.3, -0.25) is 4.79 Å². The van der Waals surface area contributed by atoms with Gasteiger partial charge in [0.05, 0.1) is 16.1 Å². The molecule has 1 saturated heterocycles. The Morgan fingerprint density at radius 1 is 1.29 bits per heavy atom. The fourth-order valence-electron chi connectivity index (χ4n) is 5.55. The third-order valence-electron chi connectivity index (χ3n) is 7.05. The highest BCUT2D eigenvalue weighted by Crippen LogP contribution is 2.46. The lowest BCUT2D eigenvalue weighted by Gasteiger charge is -2.33. The number of nitrogens with one attached hydrogen (secondary N) is 2.